The van der Waals surface area contributed by atoms with Gasteiger partial charge in [0, 0.05) is 23.2 Å². The van der Waals surface area contributed by atoms with Gasteiger partial charge in [-0.15, -0.1) is 0 Å². The normalized spacial score (nSPS) is 10.6. The summed E-state index contributed by atoms with van der Waals surface area (Å²) < 4.78 is 5.51. The number of para-hydroxylation sites is 1. The number of carbonyl (C=O) groups is 2. The quantitative estimate of drug-likeness (QED) is 0.520. The number of hydrogen-bond acceptors (Lipinski definition) is 4. The van der Waals surface area contributed by atoms with E-state index in [4.69, 9.17) is 4.74 Å². The van der Waals surface area contributed by atoms with Gasteiger partial charge in [-0.1, -0.05) is 25.5 Å². The molecule has 142 valence electrons. The van der Waals surface area contributed by atoms with Gasteiger partial charge in [0.2, 0.25) is 5.91 Å². The molecule has 0 aromatic heterocycles. The monoisotopic (exact) mass is 367 g/mol. The summed E-state index contributed by atoms with van der Waals surface area (Å²) in [5, 5.41) is 6.80. The zero-order chi connectivity index (χ0) is 19.5. The molecule has 6 nitrogen and oxygen atoms in total. The third-order valence-corrected chi connectivity index (χ3v) is 3.78. The summed E-state index contributed by atoms with van der Waals surface area (Å²) in [6.45, 7) is 4.50. The summed E-state index contributed by atoms with van der Waals surface area (Å²) in [6, 6.07) is 14.2. The van der Waals surface area contributed by atoms with Gasteiger partial charge < -0.3 is 10.1 Å². The van der Waals surface area contributed by atoms with Gasteiger partial charge in [0.15, 0.2) is 0 Å². The van der Waals surface area contributed by atoms with E-state index in [1.165, 1.54) is 0 Å². The average molecular weight is 367 g/mol. The van der Waals surface area contributed by atoms with E-state index in [1.807, 2.05) is 38.1 Å². The Labute approximate surface area is 159 Å². The van der Waals surface area contributed by atoms with Crippen molar-refractivity contribution in [2.45, 2.75) is 33.1 Å². The van der Waals surface area contributed by atoms with E-state index in [2.05, 4.69) is 15.8 Å². The van der Waals surface area contributed by atoms with Crippen LogP contribution in [-0.4, -0.2) is 24.6 Å². The highest BCUT2D eigenvalue weighted by atomic mass is 16.5. The van der Waals surface area contributed by atoms with Crippen molar-refractivity contribution >= 4 is 23.7 Å². The van der Waals surface area contributed by atoms with Crippen molar-refractivity contribution in [3.8, 4) is 5.75 Å². The second-order valence-corrected chi connectivity index (χ2v) is 5.90. The first-order valence-electron chi connectivity index (χ1n) is 9.09. The molecule has 0 saturated heterocycles. The van der Waals surface area contributed by atoms with Gasteiger partial charge in [-0.3, -0.25) is 9.59 Å². The standard InChI is InChI=1S/C21H25N3O3/c1-3-5-10-20(25)23-18-13-11-16(12-14-18)21(26)24-22-15-17-8-6-7-9-19(17)27-4-2/h6-9,11-15H,3-5,10H2,1-2H3,(H,23,25)(H,24,26)/b22-15+. The maximum absolute atomic E-state index is 12.2. The number of rotatable bonds is 9. The minimum absolute atomic E-state index is 0.0217. The molecular weight excluding hydrogens is 342 g/mol. The van der Waals surface area contributed by atoms with Gasteiger partial charge in [-0.25, -0.2) is 5.43 Å². The van der Waals surface area contributed by atoms with E-state index >= 15 is 0 Å². The lowest BCUT2D eigenvalue weighted by molar-refractivity contribution is -0.116. The Balaban J connectivity index is 1.91. The average Bonchev–Trinajstić information content (AvgIpc) is 2.68. The van der Waals surface area contributed by atoms with Crippen LogP contribution in [0.4, 0.5) is 5.69 Å². The van der Waals surface area contributed by atoms with Gasteiger partial charge in [-0.05, 0) is 49.7 Å². The number of anilines is 1. The first-order valence-corrected chi connectivity index (χ1v) is 9.09. The molecular formula is C21H25N3O3. The molecule has 2 N–H and O–H groups in total. The topological polar surface area (TPSA) is 79.8 Å². The largest absolute Gasteiger partial charge is 0.493 e. The van der Waals surface area contributed by atoms with Crippen LogP contribution in [0.5, 0.6) is 5.75 Å². The summed E-state index contributed by atoms with van der Waals surface area (Å²) in [5.41, 5.74) is 4.40. The second kappa shape index (κ2) is 10.8. The lowest BCUT2D eigenvalue weighted by atomic mass is 10.2. The van der Waals surface area contributed by atoms with Crippen LogP contribution in [0.25, 0.3) is 0 Å². The molecule has 0 saturated carbocycles. The molecule has 2 rings (SSSR count). The van der Waals surface area contributed by atoms with Crippen molar-refractivity contribution in [3.63, 3.8) is 0 Å². The predicted molar refractivity (Wildman–Crippen MR) is 107 cm³/mol. The Bertz CT molecular complexity index is 786. The lowest BCUT2D eigenvalue weighted by Gasteiger charge is -2.07. The highest BCUT2D eigenvalue weighted by molar-refractivity contribution is 5.96. The van der Waals surface area contributed by atoms with Crippen molar-refractivity contribution in [1.82, 2.24) is 5.43 Å². The first-order chi connectivity index (χ1) is 13.1. The minimum Gasteiger partial charge on any atom is -0.493 e. The molecule has 2 amide bonds. The molecule has 6 heteroatoms. The van der Waals surface area contributed by atoms with Crippen molar-refractivity contribution < 1.29 is 14.3 Å². The van der Waals surface area contributed by atoms with E-state index in [9.17, 15) is 9.59 Å². The van der Waals surface area contributed by atoms with Gasteiger partial charge in [-0.2, -0.15) is 5.10 Å². The zero-order valence-electron chi connectivity index (χ0n) is 15.7. The fraction of sp³-hybridized carbons (Fsp3) is 0.286. The second-order valence-electron chi connectivity index (χ2n) is 5.90. The van der Waals surface area contributed by atoms with E-state index in [1.54, 1.807) is 30.5 Å². The molecule has 0 aliphatic carbocycles. The van der Waals surface area contributed by atoms with E-state index in [-0.39, 0.29) is 11.8 Å². The van der Waals surface area contributed by atoms with Crippen LogP contribution in [0.15, 0.2) is 53.6 Å². The highest BCUT2D eigenvalue weighted by Crippen LogP contribution is 2.15. The maximum atomic E-state index is 12.2. The number of unbranched alkanes of at least 4 members (excludes halogenated alkanes) is 1. The Morgan fingerprint density at radius 2 is 1.81 bits per heavy atom. The number of nitrogens with zero attached hydrogens (tertiary/aromatic N) is 1. The molecule has 0 aliphatic heterocycles. The predicted octanol–water partition coefficient (Wildman–Crippen LogP) is 3.98. The maximum Gasteiger partial charge on any atom is 0.271 e. The summed E-state index contributed by atoms with van der Waals surface area (Å²) in [7, 11) is 0. The molecule has 0 aliphatic rings. The van der Waals surface area contributed by atoms with Crippen LogP contribution in [0.3, 0.4) is 0 Å². The Morgan fingerprint density at radius 3 is 2.52 bits per heavy atom. The highest BCUT2D eigenvalue weighted by Gasteiger charge is 2.06. The SMILES string of the molecule is CCCCC(=O)Nc1ccc(C(=O)N/N=C/c2ccccc2OCC)cc1. The number of nitrogens with one attached hydrogen (secondary N) is 2. The molecule has 0 radical (unpaired) electrons. The number of amides is 2. The van der Waals surface area contributed by atoms with Crippen molar-refractivity contribution in [3.05, 3.63) is 59.7 Å². The molecule has 0 spiro atoms. The van der Waals surface area contributed by atoms with Crippen LogP contribution in [-0.2, 0) is 4.79 Å². The molecule has 2 aromatic rings. The number of hydrazone groups is 1. The molecule has 0 heterocycles. The third-order valence-electron chi connectivity index (χ3n) is 3.78. The van der Waals surface area contributed by atoms with Gasteiger partial charge in [0.25, 0.3) is 5.91 Å². The Hall–Kier alpha value is -3.15. The molecule has 2 aromatic carbocycles. The zero-order valence-corrected chi connectivity index (χ0v) is 15.7. The van der Waals surface area contributed by atoms with E-state index in [0.29, 0.717) is 30.0 Å². The van der Waals surface area contributed by atoms with Crippen LogP contribution in [0, 0.1) is 0 Å². The van der Waals surface area contributed by atoms with Crippen LogP contribution >= 0.6 is 0 Å². The number of carbonyl (C=O) groups excluding carboxylic acids is 2. The van der Waals surface area contributed by atoms with Crippen molar-refractivity contribution in [2.24, 2.45) is 5.10 Å². The fourth-order valence-electron chi connectivity index (χ4n) is 2.36. The molecule has 0 fully saturated rings. The van der Waals surface area contributed by atoms with Gasteiger partial charge in [0.1, 0.15) is 5.75 Å². The van der Waals surface area contributed by atoms with Crippen LogP contribution < -0.4 is 15.5 Å². The number of ether oxygens (including phenoxy) is 1. The van der Waals surface area contributed by atoms with E-state index in [0.717, 1.165) is 18.4 Å². The summed E-state index contributed by atoms with van der Waals surface area (Å²) in [6.07, 6.45) is 3.88. The lowest BCUT2D eigenvalue weighted by Crippen LogP contribution is -2.18. The Morgan fingerprint density at radius 1 is 1.07 bits per heavy atom. The van der Waals surface area contributed by atoms with Crippen molar-refractivity contribution in [2.75, 3.05) is 11.9 Å². The smallest absolute Gasteiger partial charge is 0.271 e. The fourth-order valence-corrected chi connectivity index (χ4v) is 2.36. The van der Waals surface area contributed by atoms with Crippen LogP contribution in [0.1, 0.15) is 49.0 Å². The Kier molecular flexibility index (Phi) is 8.03. The molecule has 27 heavy (non-hydrogen) atoms. The van der Waals surface area contributed by atoms with E-state index < -0.39 is 0 Å². The first kappa shape index (κ1) is 20.2. The summed E-state index contributed by atoms with van der Waals surface area (Å²) in [5.74, 6) is 0.358. The summed E-state index contributed by atoms with van der Waals surface area (Å²) in [4.78, 5) is 23.9. The molecule has 0 bridgehead atoms. The van der Waals surface area contributed by atoms with Crippen molar-refractivity contribution in [1.29, 1.82) is 0 Å². The molecule has 0 atom stereocenters. The third kappa shape index (κ3) is 6.58. The van der Waals surface area contributed by atoms with Gasteiger partial charge >= 0.3 is 0 Å². The molecule has 0 unspecified atom stereocenters. The minimum atomic E-state index is -0.330. The summed E-state index contributed by atoms with van der Waals surface area (Å²) >= 11 is 0. The van der Waals surface area contributed by atoms with Gasteiger partial charge in [0.05, 0.1) is 12.8 Å². The number of benzene rings is 2. The van der Waals surface area contributed by atoms with Crippen LogP contribution in [0.2, 0.25) is 0 Å². The number of hydrogen-bond donors (Lipinski definition) is 2.